The minimum absolute atomic E-state index is 0.0796. The third kappa shape index (κ3) is 2.36. The van der Waals surface area contributed by atoms with Crippen LogP contribution in [0.1, 0.15) is 0 Å². The summed E-state index contributed by atoms with van der Waals surface area (Å²) >= 11 is 0. The summed E-state index contributed by atoms with van der Waals surface area (Å²) in [5, 5.41) is 7.03. The first kappa shape index (κ1) is 9.75. The van der Waals surface area contributed by atoms with Gasteiger partial charge in [0.05, 0.1) is 11.7 Å². The third-order valence-corrected chi connectivity index (χ3v) is 1.68. The van der Waals surface area contributed by atoms with Crippen LogP contribution in [0.5, 0.6) is 5.88 Å². The first-order chi connectivity index (χ1) is 7.04. The Kier molecular flexibility index (Phi) is 2.22. The van der Waals surface area contributed by atoms with Crippen molar-refractivity contribution in [1.29, 1.82) is 0 Å². The first-order valence-electron chi connectivity index (χ1n) is 4.03. The van der Waals surface area contributed by atoms with Gasteiger partial charge in [-0.15, -0.1) is 0 Å². The van der Waals surface area contributed by atoms with E-state index in [-0.39, 0.29) is 5.88 Å². The lowest BCUT2D eigenvalue weighted by molar-refractivity contribution is -0.154. The van der Waals surface area contributed by atoms with Gasteiger partial charge in [-0.25, -0.2) is 4.98 Å². The van der Waals surface area contributed by atoms with Crippen LogP contribution in [0.2, 0.25) is 0 Å². The second-order valence-electron chi connectivity index (χ2n) is 2.88. The largest absolute Gasteiger partial charge is 0.468 e. The molecule has 80 valence electrons. The molecule has 0 saturated heterocycles. The molecule has 7 heteroatoms. The fourth-order valence-electron chi connectivity index (χ4n) is 1.05. The minimum atomic E-state index is -4.36. The molecule has 0 aliphatic heterocycles. The summed E-state index contributed by atoms with van der Waals surface area (Å²) in [6.07, 6.45) is -1.44. The average Bonchev–Trinajstić information content (AvgIpc) is 2.60. The number of aromatic nitrogens is 3. The highest BCUT2D eigenvalue weighted by molar-refractivity contribution is 5.77. The van der Waals surface area contributed by atoms with Crippen LogP contribution in [0.15, 0.2) is 18.5 Å². The monoisotopic (exact) mass is 217 g/mol. The van der Waals surface area contributed by atoms with E-state index in [9.17, 15) is 13.2 Å². The lowest BCUT2D eigenvalue weighted by Crippen LogP contribution is -2.19. The summed E-state index contributed by atoms with van der Waals surface area (Å²) in [6, 6.07) is 1.37. The van der Waals surface area contributed by atoms with Gasteiger partial charge in [0.2, 0.25) is 5.88 Å². The predicted octanol–water partition coefficient (Wildman–Crippen LogP) is 1.90. The molecule has 0 radical (unpaired) electrons. The number of fused-ring (bicyclic) bond motifs is 1. The van der Waals surface area contributed by atoms with Crippen LogP contribution < -0.4 is 4.74 Å². The zero-order valence-electron chi connectivity index (χ0n) is 7.38. The Morgan fingerprint density at radius 2 is 2.13 bits per heavy atom. The lowest BCUT2D eigenvalue weighted by Gasteiger charge is -2.07. The number of ether oxygens (including phenoxy) is 1. The molecule has 0 aliphatic rings. The summed E-state index contributed by atoms with van der Waals surface area (Å²) in [5.41, 5.74) is 0.585. The molecule has 0 atom stereocenters. The molecule has 0 aromatic carbocycles. The molecule has 2 aromatic rings. The quantitative estimate of drug-likeness (QED) is 0.835. The summed E-state index contributed by atoms with van der Waals surface area (Å²) in [4.78, 5) is 3.70. The molecule has 4 nitrogen and oxygen atoms in total. The molecule has 0 bridgehead atoms. The summed E-state index contributed by atoms with van der Waals surface area (Å²) in [5.74, 6) is -0.0796. The number of hydrogen-bond acceptors (Lipinski definition) is 3. The standard InChI is InChI=1S/C8H6F3N3O/c9-8(10,11)4-15-7-1-6-5(2-12-7)3-13-14-6/h1-3H,4H2,(H,13,14). The van der Waals surface area contributed by atoms with Crippen molar-refractivity contribution in [2.75, 3.05) is 6.61 Å². The lowest BCUT2D eigenvalue weighted by atomic mass is 10.3. The highest BCUT2D eigenvalue weighted by atomic mass is 19.4. The number of rotatable bonds is 2. The van der Waals surface area contributed by atoms with Gasteiger partial charge in [-0.3, -0.25) is 5.10 Å². The maximum Gasteiger partial charge on any atom is 0.422 e. The molecule has 2 rings (SSSR count). The summed E-state index contributed by atoms with van der Waals surface area (Å²) in [7, 11) is 0. The number of nitrogens with zero attached hydrogens (tertiary/aromatic N) is 2. The number of pyridine rings is 1. The van der Waals surface area contributed by atoms with Gasteiger partial charge in [0.15, 0.2) is 6.61 Å². The molecule has 0 amide bonds. The maximum absolute atomic E-state index is 11.8. The summed E-state index contributed by atoms with van der Waals surface area (Å²) in [6.45, 7) is -1.35. The smallest absolute Gasteiger partial charge is 0.422 e. The van der Waals surface area contributed by atoms with Crippen LogP contribution in [0.4, 0.5) is 13.2 Å². The Hall–Kier alpha value is -1.79. The van der Waals surface area contributed by atoms with E-state index in [1.165, 1.54) is 18.5 Å². The van der Waals surface area contributed by atoms with Crippen molar-refractivity contribution in [3.63, 3.8) is 0 Å². The van der Waals surface area contributed by atoms with Crippen molar-refractivity contribution in [3.05, 3.63) is 18.5 Å². The number of halogens is 3. The number of alkyl halides is 3. The molecule has 0 spiro atoms. The highest BCUT2D eigenvalue weighted by Gasteiger charge is 2.28. The first-order valence-corrected chi connectivity index (χ1v) is 4.03. The van der Waals surface area contributed by atoms with E-state index in [2.05, 4.69) is 19.9 Å². The zero-order chi connectivity index (χ0) is 10.9. The van der Waals surface area contributed by atoms with Crippen molar-refractivity contribution in [2.24, 2.45) is 0 Å². The van der Waals surface area contributed by atoms with Crippen molar-refractivity contribution >= 4 is 10.9 Å². The topological polar surface area (TPSA) is 50.8 Å². The number of aromatic amines is 1. The average molecular weight is 217 g/mol. The number of nitrogens with one attached hydrogen (secondary N) is 1. The number of H-pyrrole nitrogens is 1. The molecule has 15 heavy (non-hydrogen) atoms. The molecule has 0 unspecified atom stereocenters. The zero-order valence-corrected chi connectivity index (χ0v) is 7.38. The fourth-order valence-corrected chi connectivity index (χ4v) is 1.05. The van der Waals surface area contributed by atoms with E-state index < -0.39 is 12.8 Å². The second kappa shape index (κ2) is 3.41. The third-order valence-electron chi connectivity index (χ3n) is 1.68. The van der Waals surface area contributed by atoms with Gasteiger partial charge in [-0.1, -0.05) is 0 Å². The van der Waals surface area contributed by atoms with Gasteiger partial charge in [0.25, 0.3) is 0 Å². The van der Waals surface area contributed by atoms with Crippen molar-refractivity contribution in [3.8, 4) is 5.88 Å². The Bertz CT molecular complexity index is 465. The van der Waals surface area contributed by atoms with Crippen molar-refractivity contribution < 1.29 is 17.9 Å². The van der Waals surface area contributed by atoms with Crippen LogP contribution in [0.3, 0.4) is 0 Å². The van der Waals surface area contributed by atoms with Gasteiger partial charge in [-0.05, 0) is 0 Å². The van der Waals surface area contributed by atoms with E-state index in [0.29, 0.717) is 10.9 Å². The van der Waals surface area contributed by atoms with Gasteiger partial charge in [0, 0.05) is 17.6 Å². The normalized spacial score (nSPS) is 11.9. The minimum Gasteiger partial charge on any atom is -0.468 e. The molecule has 2 heterocycles. The van der Waals surface area contributed by atoms with E-state index >= 15 is 0 Å². The SMILES string of the molecule is FC(F)(F)COc1cc2[nH]ncc2cn1. The molecule has 0 saturated carbocycles. The van der Waals surface area contributed by atoms with Gasteiger partial charge < -0.3 is 4.74 Å². The fraction of sp³-hybridized carbons (Fsp3) is 0.250. The van der Waals surface area contributed by atoms with Crippen LogP contribution in [-0.4, -0.2) is 28.0 Å². The van der Waals surface area contributed by atoms with Crippen LogP contribution in [0.25, 0.3) is 10.9 Å². The Morgan fingerprint density at radius 3 is 2.87 bits per heavy atom. The van der Waals surface area contributed by atoms with Crippen LogP contribution in [-0.2, 0) is 0 Å². The van der Waals surface area contributed by atoms with Crippen molar-refractivity contribution in [1.82, 2.24) is 15.2 Å². The van der Waals surface area contributed by atoms with Crippen LogP contribution in [0, 0.1) is 0 Å². The van der Waals surface area contributed by atoms with Crippen LogP contribution >= 0.6 is 0 Å². The molecule has 0 fully saturated rings. The highest BCUT2D eigenvalue weighted by Crippen LogP contribution is 2.19. The van der Waals surface area contributed by atoms with Gasteiger partial charge >= 0.3 is 6.18 Å². The Labute approximate surface area is 82.1 Å². The molecule has 1 N–H and O–H groups in total. The molecular formula is C8H6F3N3O. The summed E-state index contributed by atoms with van der Waals surface area (Å²) < 4.78 is 39.9. The van der Waals surface area contributed by atoms with Gasteiger partial charge in [0.1, 0.15) is 0 Å². The van der Waals surface area contributed by atoms with E-state index in [1.807, 2.05) is 0 Å². The van der Waals surface area contributed by atoms with Crippen molar-refractivity contribution in [2.45, 2.75) is 6.18 Å². The molecular weight excluding hydrogens is 211 g/mol. The molecule has 0 aliphatic carbocycles. The van der Waals surface area contributed by atoms with E-state index in [0.717, 1.165) is 0 Å². The van der Waals surface area contributed by atoms with E-state index in [1.54, 1.807) is 0 Å². The Morgan fingerprint density at radius 1 is 1.33 bits per heavy atom. The van der Waals surface area contributed by atoms with Gasteiger partial charge in [-0.2, -0.15) is 18.3 Å². The predicted molar refractivity (Wildman–Crippen MR) is 45.4 cm³/mol. The number of hydrogen-bond donors (Lipinski definition) is 1. The van der Waals surface area contributed by atoms with E-state index in [4.69, 9.17) is 0 Å². The molecule has 2 aromatic heterocycles. The maximum atomic E-state index is 11.8. The second-order valence-corrected chi connectivity index (χ2v) is 2.88. The Balaban J connectivity index is 2.15.